The monoisotopic (exact) mass is 301 g/mol. The highest BCUT2D eigenvalue weighted by Gasteiger charge is 2.17. The van der Waals surface area contributed by atoms with Crippen LogP contribution in [0.4, 0.5) is 0 Å². The Kier molecular flexibility index (Phi) is 5.84. The van der Waals surface area contributed by atoms with Crippen LogP contribution in [0.1, 0.15) is 48.6 Å². The van der Waals surface area contributed by atoms with Crippen molar-refractivity contribution in [2.45, 2.75) is 39.7 Å². The van der Waals surface area contributed by atoms with Crippen LogP contribution >= 0.6 is 11.6 Å². The molecule has 1 nitrogen and oxygen atoms in total. The number of hydrogen-bond acceptors (Lipinski definition) is 1. The van der Waals surface area contributed by atoms with Gasteiger partial charge in [0.1, 0.15) is 0 Å². The van der Waals surface area contributed by atoms with E-state index in [4.69, 9.17) is 11.6 Å². The molecule has 21 heavy (non-hydrogen) atoms. The molecule has 0 aliphatic rings. The van der Waals surface area contributed by atoms with Crippen LogP contribution in [0.5, 0.6) is 0 Å². The molecule has 1 N–H and O–H groups in total. The largest absolute Gasteiger partial charge is 0.306 e. The van der Waals surface area contributed by atoms with Gasteiger partial charge in [0.05, 0.1) is 6.04 Å². The van der Waals surface area contributed by atoms with Gasteiger partial charge in [-0.05, 0) is 48.6 Å². The molecule has 0 amide bonds. The van der Waals surface area contributed by atoms with E-state index in [1.54, 1.807) is 0 Å². The summed E-state index contributed by atoms with van der Waals surface area (Å²) in [5.41, 5.74) is 4.94. The molecule has 0 fully saturated rings. The third-order valence-electron chi connectivity index (χ3n) is 3.82. The topological polar surface area (TPSA) is 12.0 Å². The molecule has 1 unspecified atom stereocenters. The molecule has 0 heterocycles. The van der Waals surface area contributed by atoms with Gasteiger partial charge in [-0.1, -0.05) is 67.9 Å². The predicted octanol–water partition coefficient (Wildman–Crippen LogP) is 5.30. The predicted molar refractivity (Wildman–Crippen MR) is 92.1 cm³/mol. The summed E-state index contributed by atoms with van der Waals surface area (Å²) in [5, 5.41) is 4.51. The highest BCUT2D eigenvalue weighted by Crippen LogP contribution is 2.31. The zero-order chi connectivity index (χ0) is 15.2. The molecule has 2 rings (SSSR count). The summed E-state index contributed by atoms with van der Waals surface area (Å²) in [7, 11) is 0. The molecule has 0 saturated heterocycles. The van der Waals surface area contributed by atoms with E-state index in [1.165, 1.54) is 16.7 Å². The Bertz CT molecular complexity index is 592. The van der Waals surface area contributed by atoms with Crippen molar-refractivity contribution in [3.8, 4) is 0 Å². The first-order valence-electron chi connectivity index (χ1n) is 7.74. The van der Waals surface area contributed by atoms with Crippen molar-refractivity contribution in [2.75, 3.05) is 6.54 Å². The fourth-order valence-corrected chi connectivity index (χ4v) is 2.82. The molecule has 0 aliphatic carbocycles. The van der Waals surface area contributed by atoms with Crippen molar-refractivity contribution in [1.29, 1.82) is 0 Å². The molecule has 0 aliphatic heterocycles. The molecule has 0 radical (unpaired) electrons. The fourth-order valence-electron chi connectivity index (χ4n) is 2.58. The standard InChI is InChI=1S/C19H24ClN/c1-4-12-21-19(16-10-7-9-15(5-2)13-16)17-11-6-8-14(3)18(17)20/h6-11,13,19,21H,4-5,12H2,1-3H3. The molecular formula is C19H24ClN. The lowest BCUT2D eigenvalue weighted by Gasteiger charge is -2.22. The molecule has 0 aromatic heterocycles. The van der Waals surface area contributed by atoms with E-state index in [2.05, 4.69) is 68.6 Å². The third kappa shape index (κ3) is 3.87. The number of rotatable bonds is 6. The average molecular weight is 302 g/mol. The summed E-state index contributed by atoms with van der Waals surface area (Å²) < 4.78 is 0. The number of nitrogens with one attached hydrogen (secondary N) is 1. The van der Waals surface area contributed by atoms with Crippen LogP contribution in [-0.2, 0) is 6.42 Å². The lowest BCUT2D eigenvalue weighted by molar-refractivity contribution is 0.598. The van der Waals surface area contributed by atoms with Gasteiger partial charge in [-0.2, -0.15) is 0 Å². The van der Waals surface area contributed by atoms with E-state index in [9.17, 15) is 0 Å². The SMILES string of the molecule is CCCNC(c1cccc(CC)c1)c1cccc(C)c1Cl. The maximum absolute atomic E-state index is 6.55. The van der Waals surface area contributed by atoms with Gasteiger partial charge in [-0.3, -0.25) is 0 Å². The Morgan fingerprint density at radius 3 is 2.57 bits per heavy atom. The number of halogens is 1. The smallest absolute Gasteiger partial charge is 0.0591 e. The van der Waals surface area contributed by atoms with E-state index >= 15 is 0 Å². The average Bonchev–Trinajstić information content (AvgIpc) is 2.52. The van der Waals surface area contributed by atoms with Gasteiger partial charge in [0.15, 0.2) is 0 Å². The van der Waals surface area contributed by atoms with E-state index in [-0.39, 0.29) is 6.04 Å². The van der Waals surface area contributed by atoms with Gasteiger partial charge in [0.25, 0.3) is 0 Å². The summed E-state index contributed by atoms with van der Waals surface area (Å²) in [6.45, 7) is 7.41. The number of aryl methyl sites for hydroxylation is 2. The number of hydrogen-bond donors (Lipinski definition) is 1. The summed E-state index contributed by atoms with van der Waals surface area (Å²) >= 11 is 6.55. The lowest BCUT2D eigenvalue weighted by Crippen LogP contribution is -2.23. The van der Waals surface area contributed by atoms with Crippen molar-refractivity contribution in [3.63, 3.8) is 0 Å². The van der Waals surface area contributed by atoms with Crippen molar-refractivity contribution in [3.05, 3.63) is 69.7 Å². The molecule has 2 heteroatoms. The van der Waals surface area contributed by atoms with Crippen LogP contribution in [-0.4, -0.2) is 6.54 Å². The van der Waals surface area contributed by atoms with Crippen LogP contribution in [0, 0.1) is 6.92 Å². The van der Waals surface area contributed by atoms with Gasteiger partial charge < -0.3 is 5.32 Å². The minimum atomic E-state index is 0.156. The van der Waals surface area contributed by atoms with Gasteiger partial charge >= 0.3 is 0 Å². The quantitative estimate of drug-likeness (QED) is 0.763. The zero-order valence-electron chi connectivity index (χ0n) is 13.1. The Balaban J connectivity index is 2.44. The first kappa shape index (κ1) is 16.1. The minimum absolute atomic E-state index is 0.156. The molecule has 2 aromatic carbocycles. The van der Waals surface area contributed by atoms with E-state index < -0.39 is 0 Å². The van der Waals surface area contributed by atoms with Crippen LogP contribution in [0.25, 0.3) is 0 Å². The highest BCUT2D eigenvalue weighted by atomic mass is 35.5. The van der Waals surface area contributed by atoms with Crippen molar-refractivity contribution in [2.24, 2.45) is 0 Å². The molecule has 2 aromatic rings. The fraction of sp³-hybridized carbons (Fsp3) is 0.368. The Labute approximate surface area is 133 Å². The van der Waals surface area contributed by atoms with Crippen LogP contribution in [0.2, 0.25) is 5.02 Å². The van der Waals surface area contributed by atoms with Crippen LogP contribution in [0.15, 0.2) is 42.5 Å². The molecule has 0 bridgehead atoms. The Morgan fingerprint density at radius 1 is 1.10 bits per heavy atom. The molecule has 0 spiro atoms. The van der Waals surface area contributed by atoms with Gasteiger partial charge in [0, 0.05) is 5.02 Å². The van der Waals surface area contributed by atoms with E-state index in [0.717, 1.165) is 30.0 Å². The summed E-state index contributed by atoms with van der Waals surface area (Å²) in [6, 6.07) is 15.2. The lowest BCUT2D eigenvalue weighted by atomic mass is 9.95. The van der Waals surface area contributed by atoms with Crippen molar-refractivity contribution < 1.29 is 0 Å². The van der Waals surface area contributed by atoms with Gasteiger partial charge in [0.2, 0.25) is 0 Å². The van der Waals surface area contributed by atoms with Crippen LogP contribution in [0.3, 0.4) is 0 Å². The second-order valence-electron chi connectivity index (χ2n) is 5.46. The Hall–Kier alpha value is -1.31. The molecular weight excluding hydrogens is 278 g/mol. The van der Waals surface area contributed by atoms with Gasteiger partial charge in [-0.15, -0.1) is 0 Å². The van der Waals surface area contributed by atoms with Crippen LogP contribution < -0.4 is 5.32 Å². The second kappa shape index (κ2) is 7.63. The maximum Gasteiger partial charge on any atom is 0.0591 e. The van der Waals surface area contributed by atoms with Gasteiger partial charge in [-0.25, -0.2) is 0 Å². The summed E-state index contributed by atoms with van der Waals surface area (Å²) in [4.78, 5) is 0. The Morgan fingerprint density at radius 2 is 1.86 bits per heavy atom. The highest BCUT2D eigenvalue weighted by molar-refractivity contribution is 6.32. The minimum Gasteiger partial charge on any atom is -0.306 e. The van der Waals surface area contributed by atoms with E-state index in [0.29, 0.717) is 0 Å². The molecule has 1 atom stereocenters. The van der Waals surface area contributed by atoms with Crippen molar-refractivity contribution >= 4 is 11.6 Å². The normalized spacial score (nSPS) is 12.4. The zero-order valence-corrected chi connectivity index (χ0v) is 13.9. The number of benzene rings is 2. The van der Waals surface area contributed by atoms with E-state index in [1.807, 2.05) is 0 Å². The first-order valence-corrected chi connectivity index (χ1v) is 8.12. The molecule has 112 valence electrons. The summed E-state index contributed by atoms with van der Waals surface area (Å²) in [5.74, 6) is 0. The van der Waals surface area contributed by atoms with Crippen molar-refractivity contribution in [1.82, 2.24) is 5.32 Å². The maximum atomic E-state index is 6.55. The second-order valence-corrected chi connectivity index (χ2v) is 5.84. The molecule has 0 saturated carbocycles. The first-order chi connectivity index (χ1) is 10.2. The third-order valence-corrected chi connectivity index (χ3v) is 4.34. The summed E-state index contributed by atoms with van der Waals surface area (Å²) in [6.07, 6.45) is 2.16.